The van der Waals surface area contributed by atoms with Gasteiger partial charge in [-0.25, -0.2) is 0 Å². The average molecular weight is 338 g/mol. The molecule has 0 aromatic heterocycles. The summed E-state index contributed by atoms with van der Waals surface area (Å²) in [7, 11) is 1.55. The maximum atomic E-state index is 11.7. The highest BCUT2D eigenvalue weighted by atomic mass is 79.9. The number of benzene rings is 1. The first-order valence-electron chi connectivity index (χ1n) is 5.35. The standard InChI is InChI=1S/C12H17BrN2O2.ClH/c1-8-3-4-9(13)5-11(8)15-12(16)6-10(7-14)17-2;/h3-5,10H,6-7,14H2,1-2H3,(H,15,16);1H. The van der Waals surface area contributed by atoms with Crippen molar-refractivity contribution in [3.8, 4) is 0 Å². The Hall–Kier alpha value is -0.620. The molecule has 1 rings (SSSR count). The SMILES string of the molecule is COC(CN)CC(=O)Nc1cc(Br)ccc1C.Cl. The zero-order chi connectivity index (χ0) is 12.8. The fraction of sp³-hybridized carbons (Fsp3) is 0.417. The van der Waals surface area contributed by atoms with E-state index in [-0.39, 0.29) is 30.8 Å². The van der Waals surface area contributed by atoms with Crippen molar-refractivity contribution in [1.29, 1.82) is 0 Å². The highest BCUT2D eigenvalue weighted by molar-refractivity contribution is 9.10. The molecule has 0 fully saturated rings. The van der Waals surface area contributed by atoms with Gasteiger partial charge in [-0.15, -0.1) is 12.4 Å². The summed E-state index contributed by atoms with van der Waals surface area (Å²) in [5, 5.41) is 2.85. The van der Waals surface area contributed by atoms with Gasteiger partial charge in [0, 0.05) is 23.8 Å². The number of methoxy groups -OCH3 is 1. The first-order chi connectivity index (χ1) is 8.06. The van der Waals surface area contributed by atoms with Gasteiger partial charge in [0.05, 0.1) is 12.5 Å². The van der Waals surface area contributed by atoms with Gasteiger partial charge in [-0.2, -0.15) is 0 Å². The third-order valence-corrected chi connectivity index (χ3v) is 2.98. The molecule has 102 valence electrons. The smallest absolute Gasteiger partial charge is 0.227 e. The Labute approximate surface area is 122 Å². The van der Waals surface area contributed by atoms with Crippen molar-refractivity contribution in [2.75, 3.05) is 19.0 Å². The summed E-state index contributed by atoms with van der Waals surface area (Å²) in [4.78, 5) is 11.7. The van der Waals surface area contributed by atoms with Gasteiger partial charge in [-0.1, -0.05) is 22.0 Å². The fourth-order valence-electron chi connectivity index (χ4n) is 1.40. The average Bonchev–Trinajstić information content (AvgIpc) is 2.31. The molecular formula is C12H18BrClN2O2. The summed E-state index contributed by atoms with van der Waals surface area (Å²) in [5.41, 5.74) is 7.29. The van der Waals surface area contributed by atoms with Crippen molar-refractivity contribution >= 4 is 39.9 Å². The minimum atomic E-state index is -0.234. The molecule has 1 unspecified atom stereocenters. The Morgan fingerprint density at radius 1 is 1.56 bits per heavy atom. The number of carbonyl (C=O) groups excluding carboxylic acids is 1. The number of anilines is 1. The van der Waals surface area contributed by atoms with E-state index in [9.17, 15) is 4.79 Å². The minimum absolute atomic E-state index is 0. The van der Waals surface area contributed by atoms with Crippen molar-refractivity contribution in [2.24, 2.45) is 5.73 Å². The lowest BCUT2D eigenvalue weighted by Crippen LogP contribution is -2.28. The van der Waals surface area contributed by atoms with Crippen LogP contribution in [0.1, 0.15) is 12.0 Å². The van der Waals surface area contributed by atoms with E-state index >= 15 is 0 Å². The Morgan fingerprint density at radius 2 is 2.22 bits per heavy atom. The van der Waals surface area contributed by atoms with Crippen LogP contribution in [0, 0.1) is 6.92 Å². The molecule has 0 heterocycles. The molecule has 0 radical (unpaired) electrons. The monoisotopic (exact) mass is 336 g/mol. The van der Waals surface area contributed by atoms with Crippen LogP contribution < -0.4 is 11.1 Å². The van der Waals surface area contributed by atoms with Crippen molar-refractivity contribution in [2.45, 2.75) is 19.4 Å². The second-order valence-electron chi connectivity index (χ2n) is 3.80. The predicted molar refractivity (Wildman–Crippen MR) is 79.2 cm³/mol. The van der Waals surface area contributed by atoms with E-state index < -0.39 is 0 Å². The summed E-state index contributed by atoms with van der Waals surface area (Å²) in [5.74, 6) is -0.0940. The molecule has 0 aliphatic heterocycles. The number of hydrogen-bond donors (Lipinski definition) is 2. The van der Waals surface area contributed by atoms with E-state index in [1.54, 1.807) is 7.11 Å². The normalized spacial score (nSPS) is 11.6. The third kappa shape index (κ3) is 5.35. The van der Waals surface area contributed by atoms with Gasteiger partial charge in [0.1, 0.15) is 0 Å². The number of hydrogen-bond acceptors (Lipinski definition) is 3. The topological polar surface area (TPSA) is 64.3 Å². The molecule has 3 N–H and O–H groups in total. The lowest BCUT2D eigenvalue weighted by molar-refractivity contribution is -0.118. The van der Waals surface area contributed by atoms with Crippen molar-refractivity contribution in [1.82, 2.24) is 0 Å². The van der Waals surface area contributed by atoms with E-state index in [0.29, 0.717) is 6.54 Å². The number of nitrogens with two attached hydrogens (primary N) is 1. The number of nitrogens with one attached hydrogen (secondary N) is 1. The van der Waals surface area contributed by atoms with E-state index in [4.69, 9.17) is 10.5 Å². The molecule has 1 aromatic carbocycles. The Balaban J connectivity index is 0.00000289. The Kier molecular flexibility index (Phi) is 8.18. The maximum Gasteiger partial charge on any atom is 0.227 e. The Morgan fingerprint density at radius 3 is 2.78 bits per heavy atom. The first kappa shape index (κ1) is 17.4. The van der Waals surface area contributed by atoms with Gasteiger partial charge in [0.25, 0.3) is 0 Å². The van der Waals surface area contributed by atoms with Gasteiger partial charge < -0.3 is 15.8 Å². The van der Waals surface area contributed by atoms with Crippen LogP contribution in [0.25, 0.3) is 0 Å². The number of amides is 1. The summed E-state index contributed by atoms with van der Waals surface area (Å²) >= 11 is 3.37. The molecule has 0 aliphatic carbocycles. The van der Waals surface area contributed by atoms with Gasteiger partial charge in [0.15, 0.2) is 0 Å². The molecule has 0 aliphatic rings. The zero-order valence-electron chi connectivity index (χ0n) is 10.4. The number of rotatable bonds is 5. The molecule has 1 aromatic rings. The van der Waals surface area contributed by atoms with Crippen LogP contribution in [0.2, 0.25) is 0 Å². The molecule has 0 bridgehead atoms. The van der Waals surface area contributed by atoms with E-state index in [0.717, 1.165) is 15.7 Å². The highest BCUT2D eigenvalue weighted by Crippen LogP contribution is 2.20. The van der Waals surface area contributed by atoms with Gasteiger partial charge >= 0.3 is 0 Å². The van der Waals surface area contributed by atoms with Crippen LogP contribution in [-0.4, -0.2) is 25.7 Å². The molecule has 1 atom stereocenters. The minimum Gasteiger partial charge on any atom is -0.380 e. The highest BCUT2D eigenvalue weighted by Gasteiger charge is 2.12. The second kappa shape index (κ2) is 8.48. The first-order valence-corrected chi connectivity index (χ1v) is 6.15. The number of ether oxygens (including phenoxy) is 1. The van der Waals surface area contributed by atoms with Crippen LogP contribution in [0.15, 0.2) is 22.7 Å². The van der Waals surface area contributed by atoms with Crippen LogP contribution in [0.5, 0.6) is 0 Å². The summed E-state index contributed by atoms with van der Waals surface area (Å²) < 4.78 is 6.00. The lowest BCUT2D eigenvalue weighted by Gasteiger charge is -2.13. The molecule has 1 amide bonds. The van der Waals surface area contributed by atoms with Crippen LogP contribution in [-0.2, 0) is 9.53 Å². The molecule has 6 heteroatoms. The van der Waals surface area contributed by atoms with Crippen molar-refractivity contribution < 1.29 is 9.53 Å². The predicted octanol–water partition coefficient (Wildman–Crippen LogP) is 2.48. The van der Waals surface area contributed by atoms with Crippen LogP contribution in [0.4, 0.5) is 5.69 Å². The molecule has 18 heavy (non-hydrogen) atoms. The van der Waals surface area contributed by atoms with Gasteiger partial charge in [0.2, 0.25) is 5.91 Å². The largest absolute Gasteiger partial charge is 0.380 e. The second-order valence-corrected chi connectivity index (χ2v) is 4.72. The fourth-order valence-corrected chi connectivity index (χ4v) is 1.76. The number of aryl methyl sites for hydroxylation is 1. The lowest BCUT2D eigenvalue weighted by atomic mass is 10.2. The quantitative estimate of drug-likeness (QED) is 0.867. The van der Waals surface area contributed by atoms with E-state index in [1.807, 2.05) is 25.1 Å². The third-order valence-electron chi connectivity index (χ3n) is 2.48. The summed E-state index contributed by atoms with van der Waals surface area (Å²) in [6, 6.07) is 5.75. The maximum absolute atomic E-state index is 11.7. The summed E-state index contributed by atoms with van der Waals surface area (Å²) in [6.07, 6.45) is 0.0290. The van der Waals surface area contributed by atoms with E-state index in [2.05, 4.69) is 21.2 Å². The van der Waals surface area contributed by atoms with Crippen LogP contribution in [0.3, 0.4) is 0 Å². The van der Waals surface area contributed by atoms with Gasteiger partial charge in [-0.05, 0) is 24.6 Å². The Bertz CT molecular complexity index is 398. The zero-order valence-corrected chi connectivity index (χ0v) is 12.8. The molecule has 0 saturated carbocycles. The number of halogens is 2. The van der Waals surface area contributed by atoms with Crippen LogP contribution >= 0.6 is 28.3 Å². The number of carbonyl (C=O) groups is 1. The van der Waals surface area contributed by atoms with Crippen molar-refractivity contribution in [3.05, 3.63) is 28.2 Å². The summed E-state index contributed by atoms with van der Waals surface area (Å²) in [6.45, 7) is 2.28. The van der Waals surface area contributed by atoms with E-state index in [1.165, 1.54) is 0 Å². The van der Waals surface area contributed by atoms with Crippen molar-refractivity contribution in [3.63, 3.8) is 0 Å². The molecule has 4 nitrogen and oxygen atoms in total. The molecule has 0 spiro atoms. The molecular weight excluding hydrogens is 320 g/mol. The van der Waals surface area contributed by atoms with Gasteiger partial charge in [-0.3, -0.25) is 4.79 Å². The molecule has 0 saturated heterocycles.